The largest absolute Gasteiger partial charge is 0.152 e. The Kier molecular flexibility index (Phi) is 5.09. The van der Waals surface area contributed by atoms with Gasteiger partial charge in [-0.1, -0.05) is 22.0 Å². The molecule has 0 N–H and O–H groups in total. The molecule has 0 saturated heterocycles. The van der Waals surface area contributed by atoms with E-state index in [0.29, 0.717) is 0 Å². The highest BCUT2D eigenvalue weighted by atomic mass is 79.9. The predicted molar refractivity (Wildman–Crippen MR) is 31.9 cm³/mol. The molecule has 0 aliphatic carbocycles. The fraction of sp³-hybridized carbons (Fsp3) is 0.333. The average Bonchev–Trinajstić information content (AvgIpc) is 1.41. The molecule has 0 aromatic rings. The van der Waals surface area contributed by atoms with Gasteiger partial charge in [0.15, 0.2) is 0 Å². The second-order valence-electron chi connectivity index (χ2n) is 0.539. The Morgan fingerprint density at radius 3 is 2.40 bits per heavy atom. The number of thiol groups is 1. The SMILES string of the molecule is S/C=C\CBr. The number of halogens is 1. The van der Waals surface area contributed by atoms with E-state index < -0.39 is 0 Å². The fourth-order valence-corrected chi connectivity index (χ4v) is 0.621. The van der Waals surface area contributed by atoms with E-state index in [0.717, 1.165) is 5.33 Å². The summed E-state index contributed by atoms with van der Waals surface area (Å²) in [6.45, 7) is 0. The summed E-state index contributed by atoms with van der Waals surface area (Å²) in [5, 5.41) is 2.60. The van der Waals surface area contributed by atoms with E-state index in [4.69, 9.17) is 0 Å². The first-order valence-electron chi connectivity index (χ1n) is 1.27. The number of hydrogen-bond acceptors (Lipinski definition) is 1. The van der Waals surface area contributed by atoms with Gasteiger partial charge in [-0.25, -0.2) is 0 Å². The summed E-state index contributed by atoms with van der Waals surface area (Å²) in [7, 11) is 0. The van der Waals surface area contributed by atoms with E-state index in [1.54, 1.807) is 5.41 Å². The number of rotatable bonds is 1. The van der Waals surface area contributed by atoms with E-state index in [9.17, 15) is 0 Å². The molecule has 0 saturated carbocycles. The van der Waals surface area contributed by atoms with Gasteiger partial charge >= 0.3 is 0 Å². The van der Waals surface area contributed by atoms with Crippen LogP contribution in [0.4, 0.5) is 0 Å². The third-order valence-corrected chi connectivity index (χ3v) is 0.779. The third-order valence-electron chi connectivity index (χ3n) is 0.194. The molecule has 0 rings (SSSR count). The molecule has 0 nitrogen and oxygen atoms in total. The van der Waals surface area contributed by atoms with Crippen molar-refractivity contribution in [2.75, 3.05) is 5.33 Å². The fourth-order valence-electron chi connectivity index (χ4n) is 0.0398. The summed E-state index contributed by atoms with van der Waals surface area (Å²) in [6.07, 6.45) is 1.91. The van der Waals surface area contributed by atoms with Crippen molar-refractivity contribution in [2.24, 2.45) is 0 Å². The lowest BCUT2D eigenvalue weighted by molar-refractivity contribution is 1.86. The van der Waals surface area contributed by atoms with Gasteiger partial charge in [-0.05, 0) is 5.41 Å². The number of hydrogen-bond donors (Lipinski definition) is 1. The number of allylic oxidation sites excluding steroid dienone is 1. The average molecular weight is 153 g/mol. The maximum atomic E-state index is 3.79. The molecule has 0 radical (unpaired) electrons. The molecule has 0 fully saturated rings. The second kappa shape index (κ2) is 4.57. The van der Waals surface area contributed by atoms with Gasteiger partial charge in [-0.15, -0.1) is 0 Å². The maximum Gasteiger partial charge on any atom is 0.0219 e. The first-order valence-corrected chi connectivity index (χ1v) is 2.90. The maximum absolute atomic E-state index is 3.79. The van der Waals surface area contributed by atoms with Crippen molar-refractivity contribution < 1.29 is 0 Å². The van der Waals surface area contributed by atoms with E-state index >= 15 is 0 Å². The molecule has 0 aromatic carbocycles. The predicted octanol–water partition coefficient (Wildman–Crippen LogP) is 1.82. The van der Waals surface area contributed by atoms with E-state index in [-0.39, 0.29) is 0 Å². The van der Waals surface area contributed by atoms with Crippen LogP contribution in [0.25, 0.3) is 0 Å². The van der Waals surface area contributed by atoms with Gasteiger partial charge in [0.2, 0.25) is 0 Å². The molecule has 0 atom stereocenters. The first-order chi connectivity index (χ1) is 2.41. The lowest BCUT2D eigenvalue weighted by Crippen LogP contribution is -1.47. The second-order valence-corrected chi connectivity index (χ2v) is 1.48. The number of alkyl halides is 1. The van der Waals surface area contributed by atoms with Crippen LogP contribution in [0, 0.1) is 0 Å². The van der Waals surface area contributed by atoms with Gasteiger partial charge < -0.3 is 0 Å². The minimum atomic E-state index is 0.899. The summed E-state index contributed by atoms with van der Waals surface area (Å²) in [5.74, 6) is 0. The molecule has 0 unspecified atom stereocenters. The van der Waals surface area contributed by atoms with Gasteiger partial charge in [0.05, 0.1) is 0 Å². The smallest absolute Gasteiger partial charge is 0.0219 e. The third kappa shape index (κ3) is 4.57. The first kappa shape index (κ1) is 5.57. The van der Waals surface area contributed by atoms with Gasteiger partial charge in [0.25, 0.3) is 0 Å². The highest BCUT2D eigenvalue weighted by molar-refractivity contribution is 9.09. The highest BCUT2D eigenvalue weighted by Gasteiger charge is 1.54. The van der Waals surface area contributed by atoms with Crippen molar-refractivity contribution in [1.29, 1.82) is 0 Å². The molecule has 0 heterocycles. The van der Waals surface area contributed by atoms with Crippen molar-refractivity contribution in [3.8, 4) is 0 Å². The van der Waals surface area contributed by atoms with Crippen molar-refractivity contribution in [3.63, 3.8) is 0 Å². The molecule has 0 aliphatic heterocycles. The normalized spacial score (nSPS) is 10.0. The Morgan fingerprint density at radius 1 is 1.80 bits per heavy atom. The summed E-state index contributed by atoms with van der Waals surface area (Å²) < 4.78 is 0. The Hall–Kier alpha value is 0.570. The summed E-state index contributed by atoms with van der Waals surface area (Å²) in [6, 6.07) is 0. The van der Waals surface area contributed by atoms with Crippen molar-refractivity contribution in [3.05, 3.63) is 11.5 Å². The lowest BCUT2D eigenvalue weighted by atomic mass is 10.8. The van der Waals surface area contributed by atoms with Crippen molar-refractivity contribution >= 4 is 28.6 Å². The summed E-state index contributed by atoms with van der Waals surface area (Å²) in [5.41, 5.74) is 0. The van der Waals surface area contributed by atoms with Crippen molar-refractivity contribution in [2.45, 2.75) is 0 Å². The van der Waals surface area contributed by atoms with Gasteiger partial charge in [0.1, 0.15) is 0 Å². The summed E-state index contributed by atoms with van der Waals surface area (Å²) in [4.78, 5) is 0. The van der Waals surface area contributed by atoms with Crippen LogP contribution in [0.15, 0.2) is 11.5 Å². The molecule has 0 amide bonds. The zero-order valence-corrected chi connectivity index (χ0v) is 5.17. The molecule has 5 heavy (non-hydrogen) atoms. The standard InChI is InChI=1S/C3H5BrS/c4-2-1-3-5/h1,3,5H,2H2/b3-1-. The zero-order valence-electron chi connectivity index (χ0n) is 2.69. The van der Waals surface area contributed by atoms with Gasteiger partial charge in [-0.3, -0.25) is 0 Å². The molecule has 2 heteroatoms. The van der Waals surface area contributed by atoms with Crippen molar-refractivity contribution in [1.82, 2.24) is 0 Å². The summed E-state index contributed by atoms with van der Waals surface area (Å²) >= 11 is 6.96. The van der Waals surface area contributed by atoms with Crippen LogP contribution in [0.5, 0.6) is 0 Å². The Bertz CT molecular complexity index is 33.9. The van der Waals surface area contributed by atoms with Gasteiger partial charge in [0, 0.05) is 5.33 Å². The Morgan fingerprint density at radius 2 is 2.40 bits per heavy atom. The van der Waals surface area contributed by atoms with E-state index in [2.05, 4.69) is 28.6 Å². The monoisotopic (exact) mass is 152 g/mol. The van der Waals surface area contributed by atoms with Gasteiger partial charge in [-0.2, -0.15) is 12.6 Å². The lowest BCUT2D eigenvalue weighted by Gasteiger charge is -1.62. The minimum absolute atomic E-state index is 0.899. The minimum Gasteiger partial charge on any atom is -0.152 e. The van der Waals surface area contributed by atoms with Crippen LogP contribution in [0.1, 0.15) is 0 Å². The molecule has 0 aromatic heterocycles. The zero-order chi connectivity index (χ0) is 4.12. The molecule has 0 aliphatic rings. The highest BCUT2D eigenvalue weighted by Crippen LogP contribution is 1.81. The topological polar surface area (TPSA) is 0 Å². The molecule has 0 spiro atoms. The van der Waals surface area contributed by atoms with Crippen LogP contribution < -0.4 is 0 Å². The van der Waals surface area contributed by atoms with E-state index in [1.165, 1.54) is 0 Å². The van der Waals surface area contributed by atoms with E-state index in [1.807, 2.05) is 6.08 Å². The van der Waals surface area contributed by atoms with Crippen LogP contribution >= 0.6 is 28.6 Å². The molecular weight excluding hydrogens is 148 g/mol. The molecular formula is C3H5BrS. The molecule has 30 valence electrons. The van der Waals surface area contributed by atoms with Crippen LogP contribution in [0.3, 0.4) is 0 Å². The quantitative estimate of drug-likeness (QED) is 0.431. The van der Waals surface area contributed by atoms with Crippen LogP contribution in [-0.4, -0.2) is 5.33 Å². The Labute approximate surface area is 45.8 Å². The Balaban J connectivity index is 2.62. The molecule has 0 bridgehead atoms. The van der Waals surface area contributed by atoms with Crippen LogP contribution in [0.2, 0.25) is 0 Å². The van der Waals surface area contributed by atoms with Crippen LogP contribution in [-0.2, 0) is 0 Å².